The average Bonchev–Trinajstić information content (AvgIpc) is 3.36. The maximum Gasteiger partial charge on any atom is 0.277 e. The number of hydrogen-bond acceptors (Lipinski definition) is 6. The Bertz CT molecular complexity index is 883. The second-order valence-corrected chi connectivity index (χ2v) is 6.06. The Kier molecular flexibility index (Phi) is 4.21. The molecule has 1 unspecified atom stereocenters. The number of carbonyl (C=O) groups is 1. The molecule has 1 saturated heterocycles. The van der Waals surface area contributed by atoms with E-state index < -0.39 is 0 Å². The van der Waals surface area contributed by atoms with Crippen LogP contribution in [0.4, 0.5) is 5.69 Å². The predicted molar refractivity (Wildman–Crippen MR) is 89.4 cm³/mol. The first kappa shape index (κ1) is 15.8. The van der Waals surface area contributed by atoms with E-state index in [1.165, 1.54) is 12.3 Å². The first-order valence-corrected chi connectivity index (χ1v) is 8.09. The van der Waals surface area contributed by atoms with E-state index in [4.69, 9.17) is 20.9 Å². The lowest BCUT2D eigenvalue weighted by Gasteiger charge is -2.06. The zero-order valence-electron chi connectivity index (χ0n) is 13.1. The van der Waals surface area contributed by atoms with Gasteiger partial charge >= 0.3 is 0 Å². The normalized spacial score (nSPS) is 16.9. The van der Waals surface area contributed by atoms with Crippen molar-refractivity contribution in [3.8, 4) is 11.5 Å². The van der Waals surface area contributed by atoms with Crippen LogP contribution < -0.4 is 5.32 Å². The summed E-state index contributed by atoms with van der Waals surface area (Å²) in [5.74, 6) is 0.00630. The first-order valence-electron chi connectivity index (χ1n) is 7.71. The van der Waals surface area contributed by atoms with Gasteiger partial charge in [0.2, 0.25) is 0 Å². The van der Waals surface area contributed by atoms with Crippen molar-refractivity contribution in [2.75, 3.05) is 18.5 Å². The zero-order chi connectivity index (χ0) is 17.2. The van der Waals surface area contributed by atoms with Crippen molar-refractivity contribution in [1.29, 1.82) is 0 Å². The summed E-state index contributed by atoms with van der Waals surface area (Å²) in [7, 11) is 0. The van der Waals surface area contributed by atoms with Gasteiger partial charge < -0.3 is 14.6 Å². The molecule has 3 aromatic heterocycles. The highest BCUT2D eigenvalue weighted by Gasteiger charge is 2.19. The molecule has 8 nitrogen and oxygen atoms in total. The van der Waals surface area contributed by atoms with Gasteiger partial charge in [-0.05, 0) is 18.6 Å². The molecule has 4 rings (SSSR count). The lowest BCUT2D eigenvalue weighted by atomic mass is 10.2. The van der Waals surface area contributed by atoms with Crippen molar-refractivity contribution >= 4 is 23.2 Å². The summed E-state index contributed by atoms with van der Waals surface area (Å²) in [5, 5.41) is 11.3. The topological polar surface area (TPSA) is 95.1 Å². The molecule has 0 radical (unpaired) electrons. The van der Waals surface area contributed by atoms with Crippen molar-refractivity contribution in [1.82, 2.24) is 19.9 Å². The minimum Gasteiger partial charge on any atom is -0.379 e. The van der Waals surface area contributed by atoms with Crippen molar-refractivity contribution in [3.63, 3.8) is 0 Å². The summed E-state index contributed by atoms with van der Waals surface area (Å²) in [6.45, 7) is 1.36. The molecule has 0 saturated carbocycles. The standard InChI is InChI=1S/C16H14ClN5O3/c17-10-1-2-13(18-6-10)15-5-14(21-25-15)16(23)20-11-7-19-22(8-11)12-3-4-24-9-12/h1-2,5-8,12H,3-4,9H2,(H,20,23). The van der Waals surface area contributed by atoms with Crippen LogP contribution in [-0.4, -0.2) is 39.0 Å². The number of halogens is 1. The van der Waals surface area contributed by atoms with Gasteiger partial charge in [0, 0.05) is 25.1 Å². The summed E-state index contributed by atoms with van der Waals surface area (Å²) in [5.41, 5.74) is 1.29. The average molecular weight is 360 g/mol. The van der Waals surface area contributed by atoms with Gasteiger partial charge in [0.25, 0.3) is 5.91 Å². The van der Waals surface area contributed by atoms with Crippen molar-refractivity contribution in [2.45, 2.75) is 12.5 Å². The number of nitrogens with one attached hydrogen (secondary N) is 1. The largest absolute Gasteiger partial charge is 0.379 e. The lowest BCUT2D eigenvalue weighted by molar-refractivity contribution is 0.101. The summed E-state index contributed by atoms with van der Waals surface area (Å²) in [6, 6.07) is 5.12. The fourth-order valence-corrected chi connectivity index (χ4v) is 2.66. The number of aromatic nitrogens is 4. The Balaban J connectivity index is 1.45. The van der Waals surface area contributed by atoms with Crippen LogP contribution in [0.5, 0.6) is 0 Å². The van der Waals surface area contributed by atoms with E-state index in [0.29, 0.717) is 28.8 Å². The van der Waals surface area contributed by atoms with Gasteiger partial charge in [0.05, 0.1) is 29.6 Å². The van der Waals surface area contributed by atoms with E-state index in [1.807, 2.05) is 0 Å². The predicted octanol–water partition coefficient (Wildman–Crippen LogP) is 2.80. The van der Waals surface area contributed by atoms with E-state index in [1.54, 1.807) is 29.2 Å². The Labute approximate surface area is 147 Å². The van der Waals surface area contributed by atoms with Gasteiger partial charge in [0.15, 0.2) is 11.5 Å². The Morgan fingerprint density at radius 3 is 3.04 bits per heavy atom. The smallest absolute Gasteiger partial charge is 0.277 e. The molecular formula is C16H14ClN5O3. The number of anilines is 1. The van der Waals surface area contributed by atoms with E-state index >= 15 is 0 Å². The fraction of sp³-hybridized carbons (Fsp3) is 0.250. The van der Waals surface area contributed by atoms with Crippen LogP contribution in [0.3, 0.4) is 0 Å². The number of ether oxygens (including phenoxy) is 1. The highest BCUT2D eigenvalue weighted by molar-refractivity contribution is 6.30. The number of pyridine rings is 1. The van der Waals surface area contributed by atoms with Crippen LogP contribution >= 0.6 is 11.6 Å². The molecular weight excluding hydrogens is 346 g/mol. The van der Waals surface area contributed by atoms with Gasteiger partial charge in [-0.25, -0.2) is 0 Å². The molecule has 1 atom stereocenters. The van der Waals surface area contributed by atoms with E-state index in [0.717, 1.165) is 13.0 Å². The molecule has 1 fully saturated rings. The third-order valence-corrected chi connectivity index (χ3v) is 4.09. The third-order valence-electron chi connectivity index (χ3n) is 3.86. The van der Waals surface area contributed by atoms with Crippen LogP contribution in [0, 0.1) is 0 Å². The quantitative estimate of drug-likeness (QED) is 0.769. The van der Waals surface area contributed by atoms with E-state index in [2.05, 4.69) is 20.6 Å². The molecule has 0 spiro atoms. The molecule has 0 bridgehead atoms. The molecule has 1 aliphatic rings. The summed E-state index contributed by atoms with van der Waals surface area (Å²) in [6.07, 6.45) is 5.78. The van der Waals surface area contributed by atoms with Crippen LogP contribution in [0.25, 0.3) is 11.5 Å². The lowest BCUT2D eigenvalue weighted by Crippen LogP contribution is -2.12. The van der Waals surface area contributed by atoms with Crippen LogP contribution in [0.15, 0.2) is 41.3 Å². The number of nitrogens with zero attached hydrogens (tertiary/aromatic N) is 4. The van der Waals surface area contributed by atoms with Crippen molar-refractivity contribution < 1.29 is 14.1 Å². The molecule has 128 valence electrons. The SMILES string of the molecule is O=C(Nc1cnn(C2CCOC2)c1)c1cc(-c2ccc(Cl)cn2)on1. The van der Waals surface area contributed by atoms with Crippen molar-refractivity contribution in [3.05, 3.63) is 47.5 Å². The number of carbonyl (C=O) groups excluding carboxylic acids is 1. The molecule has 1 N–H and O–H groups in total. The van der Waals surface area contributed by atoms with Gasteiger partial charge in [-0.2, -0.15) is 5.10 Å². The van der Waals surface area contributed by atoms with Crippen LogP contribution in [0.1, 0.15) is 23.0 Å². The molecule has 25 heavy (non-hydrogen) atoms. The maximum atomic E-state index is 12.3. The summed E-state index contributed by atoms with van der Waals surface area (Å²) >= 11 is 5.81. The molecule has 1 amide bonds. The molecule has 1 aliphatic heterocycles. The second-order valence-electron chi connectivity index (χ2n) is 5.62. The molecule has 0 aliphatic carbocycles. The second kappa shape index (κ2) is 6.66. The molecule has 4 heterocycles. The van der Waals surface area contributed by atoms with Crippen LogP contribution in [0.2, 0.25) is 5.02 Å². The Hall–Kier alpha value is -2.71. The highest BCUT2D eigenvalue weighted by Crippen LogP contribution is 2.22. The molecule has 3 aromatic rings. The number of hydrogen-bond donors (Lipinski definition) is 1. The van der Waals surface area contributed by atoms with Gasteiger partial charge in [-0.3, -0.25) is 14.5 Å². The summed E-state index contributed by atoms with van der Waals surface area (Å²) in [4.78, 5) is 16.4. The maximum absolute atomic E-state index is 12.3. The molecule has 0 aromatic carbocycles. The van der Waals surface area contributed by atoms with Crippen molar-refractivity contribution in [2.24, 2.45) is 0 Å². The van der Waals surface area contributed by atoms with Gasteiger partial charge in [-0.1, -0.05) is 16.8 Å². The highest BCUT2D eigenvalue weighted by atomic mass is 35.5. The minimum atomic E-state index is -0.383. The minimum absolute atomic E-state index is 0.156. The van der Waals surface area contributed by atoms with E-state index in [-0.39, 0.29) is 17.6 Å². The Morgan fingerprint density at radius 2 is 2.28 bits per heavy atom. The fourth-order valence-electron chi connectivity index (χ4n) is 2.55. The first-order chi connectivity index (χ1) is 12.2. The molecule has 9 heteroatoms. The van der Waals surface area contributed by atoms with Gasteiger partial charge in [0.1, 0.15) is 5.69 Å². The number of amides is 1. The Morgan fingerprint density at radius 1 is 1.36 bits per heavy atom. The number of rotatable bonds is 4. The van der Waals surface area contributed by atoms with Gasteiger partial charge in [-0.15, -0.1) is 0 Å². The van der Waals surface area contributed by atoms with E-state index in [9.17, 15) is 4.79 Å². The zero-order valence-corrected chi connectivity index (χ0v) is 13.8. The monoisotopic (exact) mass is 359 g/mol. The van der Waals surface area contributed by atoms with Crippen LogP contribution in [-0.2, 0) is 4.74 Å². The third kappa shape index (κ3) is 3.40. The summed E-state index contributed by atoms with van der Waals surface area (Å²) < 4.78 is 12.3.